The van der Waals surface area contributed by atoms with E-state index in [-0.39, 0.29) is 31.3 Å². The van der Waals surface area contributed by atoms with Crippen LogP contribution in [0.2, 0.25) is 0 Å². The molecular formula is C30H32N4O4. The predicted octanol–water partition coefficient (Wildman–Crippen LogP) is 2.93. The second-order valence-corrected chi connectivity index (χ2v) is 9.29. The number of rotatable bonds is 11. The first-order valence-electron chi connectivity index (χ1n) is 12.8. The maximum Gasteiger partial charge on any atom is 0.331 e. The fourth-order valence-electron chi connectivity index (χ4n) is 4.30. The summed E-state index contributed by atoms with van der Waals surface area (Å²) in [6, 6.07) is 24.5. The highest BCUT2D eigenvalue weighted by atomic mass is 16.2. The first-order chi connectivity index (χ1) is 18.4. The van der Waals surface area contributed by atoms with E-state index in [4.69, 9.17) is 0 Å². The summed E-state index contributed by atoms with van der Waals surface area (Å²) < 4.78 is 2.44. The predicted molar refractivity (Wildman–Crippen MR) is 148 cm³/mol. The normalized spacial score (nSPS) is 10.9. The molecule has 1 aromatic heterocycles. The van der Waals surface area contributed by atoms with Crippen LogP contribution in [0.3, 0.4) is 0 Å². The van der Waals surface area contributed by atoms with E-state index in [1.54, 1.807) is 24.3 Å². The highest BCUT2D eigenvalue weighted by molar-refractivity contribution is 5.81. The van der Waals surface area contributed by atoms with Gasteiger partial charge in [-0.1, -0.05) is 72.3 Å². The molecule has 0 atom stereocenters. The fraction of sp³-hybridized carbons (Fsp3) is 0.267. The number of benzene rings is 3. The van der Waals surface area contributed by atoms with Crippen molar-refractivity contribution in [2.24, 2.45) is 0 Å². The molecule has 196 valence electrons. The lowest BCUT2D eigenvalue weighted by Gasteiger charge is -2.14. The molecule has 0 unspecified atom stereocenters. The van der Waals surface area contributed by atoms with Crippen LogP contribution in [0.25, 0.3) is 10.9 Å². The van der Waals surface area contributed by atoms with Gasteiger partial charge in [0, 0.05) is 26.1 Å². The minimum absolute atomic E-state index is 0.0794. The average Bonchev–Trinajstić information content (AvgIpc) is 2.93. The van der Waals surface area contributed by atoms with Crippen molar-refractivity contribution in [2.75, 3.05) is 6.54 Å². The summed E-state index contributed by atoms with van der Waals surface area (Å²) in [4.78, 5) is 51.4. The standard InChI is InChI=1S/C30H32N4O4/c1-22-13-15-24(16-14-22)20-32-27(35)12-7-19-33-29(37)25-10-5-6-11-26(25)34(30(33)38)21-28(36)31-18-17-23-8-3-2-4-9-23/h2-6,8-11,13-16H,7,12,17-21H2,1H3,(H,31,36)(H,32,35). The number of nitrogens with zero attached hydrogens (tertiary/aromatic N) is 2. The molecule has 0 spiro atoms. The third-order valence-electron chi connectivity index (χ3n) is 6.41. The van der Waals surface area contributed by atoms with Crippen LogP contribution in [0.5, 0.6) is 0 Å². The Morgan fingerprint density at radius 2 is 1.47 bits per heavy atom. The van der Waals surface area contributed by atoms with Gasteiger partial charge in [0.1, 0.15) is 6.54 Å². The third-order valence-corrected chi connectivity index (χ3v) is 6.41. The van der Waals surface area contributed by atoms with Crippen molar-refractivity contribution in [1.29, 1.82) is 0 Å². The van der Waals surface area contributed by atoms with E-state index in [2.05, 4.69) is 10.6 Å². The monoisotopic (exact) mass is 512 g/mol. The maximum atomic E-state index is 13.3. The average molecular weight is 513 g/mol. The topological polar surface area (TPSA) is 102 Å². The van der Waals surface area contributed by atoms with Crippen LogP contribution in [0.4, 0.5) is 0 Å². The Hall–Kier alpha value is -4.46. The number of carbonyl (C=O) groups is 2. The largest absolute Gasteiger partial charge is 0.354 e. The van der Waals surface area contributed by atoms with Gasteiger partial charge in [0.2, 0.25) is 11.8 Å². The Balaban J connectivity index is 1.40. The summed E-state index contributed by atoms with van der Waals surface area (Å²) in [5.74, 6) is -0.466. The lowest BCUT2D eigenvalue weighted by Crippen LogP contribution is -2.43. The van der Waals surface area contributed by atoms with Gasteiger partial charge in [-0.3, -0.25) is 23.5 Å². The molecule has 4 rings (SSSR count). The van der Waals surface area contributed by atoms with Gasteiger partial charge in [-0.15, -0.1) is 0 Å². The maximum absolute atomic E-state index is 13.3. The van der Waals surface area contributed by atoms with Crippen LogP contribution in [-0.2, 0) is 35.6 Å². The molecule has 3 aromatic carbocycles. The summed E-state index contributed by atoms with van der Waals surface area (Å²) in [7, 11) is 0. The van der Waals surface area contributed by atoms with Gasteiger partial charge >= 0.3 is 5.69 Å². The zero-order valence-corrected chi connectivity index (χ0v) is 21.5. The second-order valence-electron chi connectivity index (χ2n) is 9.29. The Labute approximate surface area is 220 Å². The number of aryl methyl sites for hydroxylation is 1. The van der Waals surface area contributed by atoms with Gasteiger partial charge in [0.05, 0.1) is 10.9 Å². The quantitative estimate of drug-likeness (QED) is 0.323. The molecule has 0 aliphatic carbocycles. The molecule has 1 heterocycles. The van der Waals surface area contributed by atoms with Crippen LogP contribution in [-0.4, -0.2) is 27.5 Å². The molecule has 4 aromatic rings. The molecule has 0 aliphatic rings. The molecule has 0 saturated heterocycles. The summed E-state index contributed by atoms with van der Waals surface area (Å²) >= 11 is 0. The van der Waals surface area contributed by atoms with Gasteiger partial charge in [-0.25, -0.2) is 4.79 Å². The van der Waals surface area contributed by atoms with Crippen molar-refractivity contribution in [1.82, 2.24) is 19.8 Å². The zero-order chi connectivity index (χ0) is 26.9. The Morgan fingerprint density at radius 3 is 2.24 bits per heavy atom. The Bertz CT molecular complexity index is 1520. The highest BCUT2D eigenvalue weighted by Crippen LogP contribution is 2.08. The number of para-hydroxylation sites is 1. The van der Waals surface area contributed by atoms with E-state index in [0.717, 1.165) is 21.3 Å². The number of fused-ring (bicyclic) bond motifs is 1. The summed E-state index contributed by atoms with van der Waals surface area (Å²) in [5, 5.41) is 6.08. The van der Waals surface area contributed by atoms with E-state index in [9.17, 15) is 19.2 Å². The molecule has 0 bridgehead atoms. The van der Waals surface area contributed by atoms with Crippen molar-refractivity contribution >= 4 is 22.7 Å². The molecule has 8 nitrogen and oxygen atoms in total. The minimum Gasteiger partial charge on any atom is -0.354 e. The SMILES string of the molecule is Cc1ccc(CNC(=O)CCCn2c(=O)c3ccccc3n(CC(=O)NCCc3ccccc3)c2=O)cc1. The number of hydrogen-bond acceptors (Lipinski definition) is 4. The van der Waals surface area contributed by atoms with Crippen LogP contribution in [0.1, 0.15) is 29.5 Å². The van der Waals surface area contributed by atoms with E-state index in [1.165, 1.54) is 4.57 Å². The van der Waals surface area contributed by atoms with Crippen molar-refractivity contribution in [3.63, 3.8) is 0 Å². The lowest BCUT2D eigenvalue weighted by atomic mass is 10.1. The van der Waals surface area contributed by atoms with Crippen LogP contribution in [0, 0.1) is 6.92 Å². The Morgan fingerprint density at radius 1 is 0.763 bits per heavy atom. The molecule has 2 N–H and O–H groups in total. The van der Waals surface area contributed by atoms with Crippen molar-refractivity contribution in [2.45, 2.75) is 45.8 Å². The van der Waals surface area contributed by atoms with E-state index >= 15 is 0 Å². The number of carbonyl (C=O) groups excluding carboxylic acids is 2. The second kappa shape index (κ2) is 12.7. The summed E-state index contributed by atoms with van der Waals surface area (Å²) in [6.07, 6.45) is 1.16. The summed E-state index contributed by atoms with van der Waals surface area (Å²) in [6.45, 7) is 2.74. The lowest BCUT2D eigenvalue weighted by molar-refractivity contribution is -0.122. The number of aromatic nitrogens is 2. The van der Waals surface area contributed by atoms with Crippen LogP contribution >= 0.6 is 0 Å². The molecule has 0 fully saturated rings. The third kappa shape index (κ3) is 6.85. The van der Waals surface area contributed by atoms with Crippen molar-refractivity contribution in [3.05, 3.63) is 116 Å². The van der Waals surface area contributed by atoms with E-state index in [1.807, 2.05) is 61.5 Å². The highest BCUT2D eigenvalue weighted by Gasteiger charge is 2.15. The number of amides is 2. The first kappa shape index (κ1) is 26.6. The number of nitrogens with one attached hydrogen (secondary N) is 2. The van der Waals surface area contributed by atoms with Gasteiger partial charge in [-0.2, -0.15) is 0 Å². The van der Waals surface area contributed by atoms with Gasteiger partial charge < -0.3 is 10.6 Å². The van der Waals surface area contributed by atoms with E-state index in [0.29, 0.717) is 36.8 Å². The van der Waals surface area contributed by atoms with Gasteiger partial charge in [-0.05, 0) is 43.0 Å². The van der Waals surface area contributed by atoms with Crippen LogP contribution in [0.15, 0.2) is 88.5 Å². The summed E-state index contributed by atoms with van der Waals surface area (Å²) in [5.41, 5.74) is 2.67. The van der Waals surface area contributed by atoms with Gasteiger partial charge in [0.25, 0.3) is 5.56 Å². The molecule has 0 aliphatic heterocycles. The molecule has 8 heteroatoms. The molecule has 38 heavy (non-hydrogen) atoms. The molecule has 2 amide bonds. The molecular weight excluding hydrogens is 480 g/mol. The first-order valence-corrected chi connectivity index (χ1v) is 12.8. The van der Waals surface area contributed by atoms with Crippen molar-refractivity contribution in [3.8, 4) is 0 Å². The van der Waals surface area contributed by atoms with Crippen LogP contribution < -0.4 is 21.9 Å². The number of hydrogen-bond donors (Lipinski definition) is 2. The zero-order valence-electron chi connectivity index (χ0n) is 21.5. The fourth-order valence-corrected chi connectivity index (χ4v) is 4.30. The molecule has 0 saturated carbocycles. The van der Waals surface area contributed by atoms with E-state index < -0.39 is 11.2 Å². The van der Waals surface area contributed by atoms with Gasteiger partial charge in [0.15, 0.2) is 0 Å². The Kier molecular flexibility index (Phi) is 8.87. The minimum atomic E-state index is -0.563. The van der Waals surface area contributed by atoms with Crippen molar-refractivity contribution < 1.29 is 9.59 Å². The molecule has 0 radical (unpaired) electrons. The smallest absolute Gasteiger partial charge is 0.331 e.